The molecule has 0 saturated carbocycles. The third-order valence-corrected chi connectivity index (χ3v) is 4.58. The maximum atomic E-state index is 13.2. The zero-order valence-corrected chi connectivity index (χ0v) is 15.0. The number of rotatable bonds is 4. The fraction of sp³-hybridized carbons (Fsp3) is 0.353. The number of hydrogen-bond acceptors (Lipinski definition) is 8. The van der Waals surface area contributed by atoms with E-state index in [-0.39, 0.29) is 17.9 Å². The molecule has 1 aliphatic heterocycles. The normalized spacial score (nSPS) is 17.4. The average molecular weight is 369 g/mol. The van der Waals surface area contributed by atoms with Gasteiger partial charge < -0.3 is 20.9 Å². The molecule has 0 aromatic carbocycles. The number of imidazole rings is 1. The number of aromatic nitrogens is 6. The highest BCUT2D eigenvalue weighted by molar-refractivity contribution is 5.60. The van der Waals surface area contributed by atoms with Crippen molar-refractivity contribution in [2.45, 2.75) is 25.3 Å². The van der Waals surface area contributed by atoms with Gasteiger partial charge in [0.25, 0.3) is 0 Å². The van der Waals surface area contributed by atoms with Crippen molar-refractivity contribution in [1.82, 2.24) is 34.8 Å². The summed E-state index contributed by atoms with van der Waals surface area (Å²) in [4.78, 5) is 21.4. The monoisotopic (exact) mass is 369 g/mol. The van der Waals surface area contributed by atoms with Gasteiger partial charge in [-0.05, 0) is 0 Å². The lowest BCUT2D eigenvalue weighted by Crippen LogP contribution is -2.35. The van der Waals surface area contributed by atoms with Gasteiger partial charge in [-0.2, -0.15) is 4.98 Å². The standard InChI is InChI=1S/C17H20FN9/c1-9(15-21-5-10(18)6-22-15)14-13-11(3-4-20-14)24-17(19)26-16(13)25-12-7-27(2)8-23-12/h5-9,14,20H,3-4H2,1-2H3,(H3,19,24,25,26)/t9-,14?/m0/s1. The molecule has 1 unspecified atom stereocenters. The molecule has 0 saturated heterocycles. The molecule has 0 aliphatic carbocycles. The van der Waals surface area contributed by atoms with Crippen LogP contribution < -0.4 is 16.4 Å². The number of halogens is 1. The highest BCUT2D eigenvalue weighted by atomic mass is 19.1. The molecule has 0 amide bonds. The second kappa shape index (κ2) is 6.88. The number of hydrogen-bond donors (Lipinski definition) is 3. The van der Waals surface area contributed by atoms with Crippen molar-refractivity contribution in [2.75, 3.05) is 17.6 Å². The molecule has 27 heavy (non-hydrogen) atoms. The SMILES string of the molecule is C[C@H](c1ncc(F)cn1)C1NCCc2nc(N)nc(Nc3cn(C)cn3)c21. The summed E-state index contributed by atoms with van der Waals surface area (Å²) in [7, 11) is 1.89. The fourth-order valence-corrected chi connectivity index (χ4v) is 3.33. The molecule has 0 bridgehead atoms. The lowest BCUT2D eigenvalue weighted by atomic mass is 9.89. The summed E-state index contributed by atoms with van der Waals surface area (Å²) in [5, 5.41) is 6.71. The van der Waals surface area contributed by atoms with Gasteiger partial charge in [-0.1, -0.05) is 6.92 Å². The van der Waals surface area contributed by atoms with E-state index in [2.05, 4.69) is 35.6 Å². The van der Waals surface area contributed by atoms with E-state index in [0.29, 0.717) is 17.5 Å². The van der Waals surface area contributed by atoms with Crippen LogP contribution in [0, 0.1) is 5.82 Å². The quantitative estimate of drug-likeness (QED) is 0.632. The van der Waals surface area contributed by atoms with Crippen molar-refractivity contribution in [2.24, 2.45) is 7.05 Å². The van der Waals surface area contributed by atoms with Gasteiger partial charge in [0.2, 0.25) is 5.95 Å². The molecule has 3 aromatic heterocycles. The lowest BCUT2D eigenvalue weighted by molar-refractivity contribution is 0.426. The van der Waals surface area contributed by atoms with Crippen molar-refractivity contribution in [3.05, 3.63) is 47.8 Å². The molecule has 1 aliphatic rings. The predicted molar refractivity (Wildman–Crippen MR) is 97.8 cm³/mol. The molecular formula is C17H20FN9. The van der Waals surface area contributed by atoms with Gasteiger partial charge in [0, 0.05) is 43.7 Å². The number of nitrogens with zero attached hydrogens (tertiary/aromatic N) is 6. The number of nitrogen functional groups attached to an aromatic ring is 1. The van der Waals surface area contributed by atoms with Gasteiger partial charge >= 0.3 is 0 Å². The largest absolute Gasteiger partial charge is 0.368 e. The predicted octanol–water partition coefficient (Wildman–Crippen LogP) is 1.46. The fourth-order valence-electron chi connectivity index (χ4n) is 3.33. The van der Waals surface area contributed by atoms with Gasteiger partial charge in [0.15, 0.2) is 5.82 Å². The minimum Gasteiger partial charge on any atom is -0.368 e. The third-order valence-electron chi connectivity index (χ3n) is 4.58. The van der Waals surface area contributed by atoms with Crippen LogP contribution in [0.5, 0.6) is 0 Å². The Morgan fingerprint density at radius 1 is 1.30 bits per heavy atom. The number of fused-ring (bicyclic) bond motifs is 1. The van der Waals surface area contributed by atoms with E-state index < -0.39 is 5.82 Å². The zero-order chi connectivity index (χ0) is 19.0. The highest BCUT2D eigenvalue weighted by Crippen LogP contribution is 2.37. The van der Waals surface area contributed by atoms with E-state index in [4.69, 9.17) is 5.73 Å². The molecule has 4 N–H and O–H groups in total. The number of aryl methyl sites for hydroxylation is 1. The molecule has 4 rings (SSSR count). The first-order valence-corrected chi connectivity index (χ1v) is 8.63. The lowest BCUT2D eigenvalue weighted by Gasteiger charge is -2.31. The summed E-state index contributed by atoms with van der Waals surface area (Å²) in [5.74, 6) is 1.42. The second-order valence-electron chi connectivity index (χ2n) is 6.57. The molecule has 0 radical (unpaired) electrons. The summed E-state index contributed by atoms with van der Waals surface area (Å²) in [6.07, 6.45) is 6.63. The second-order valence-corrected chi connectivity index (χ2v) is 6.57. The van der Waals surface area contributed by atoms with Gasteiger partial charge in [-0.25, -0.2) is 24.3 Å². The van der Waals surface area contributed by atoms with E-state index in [9.17, 15) is 4.39 Å². The van der Waals surface area contributed by atoms with Crippen LogP contribution in [0.1, 0.15) is 36.0 Å². The van der Waals surface area contributed by atoms with Gasteiger partial charge in [-0.15, -0.1) is 0 Å². The number of anilines is 3. The van der Waals surface area contributed by atoms with Crippen molar-refractivity contribution in [3.8, 4) is 0 Å². The van der Waals surface area contributed by atoms with Crippen LogP contribution in [0.4, 0.5) is 22.0 Å². The zero-order valence-electron chi connectivity index (χ0n) is 15.0. The Bertz CT molecular complexity index is 954. The highest BCUT2D eigenvalue weighted by Gasteiger charge is 2.32. The first kappa shape index (κ1) is 17.3. The van der Waals surface area contributed by atoms with Crippen molar-refractivity contribution < 1.29 is 4.39 Å². The molecule has 10 heteroatoms. The van der Waals surface area contributed by atoms with E-state index in [0.717, 1.165) is 24.2 Å². The summed E-state index contributed by atoms with van der Waals surface area (Å²) in [6.45, 7) is 2.73. The van der Waals surface area contributed by atoms with Crippen LogP contribution in [-0.2, 0) is 13.5 Å². The summed E-state index contributed by atoms with van der Waals surface area (Å²) >= 11 is 0. The van der Waals surface area contributed by atoms with Gasteiger partial charge in [0.1, 0.15) is 17.5 Å². The molecular weight excluding hydrogens is 349 g/mol. The molecule has 3 aromatic rings. The van der Waals surface area contributed by atoms with Crippen LogP contribution >= 0.6 is 0 Å². The first-order chi connectivity index (χ1) is 13.0. The third kappa shape index (κ3) is 3.43. The van der Waals surface area contributed by atoms with Crippen molar-refractivity contribution >= 4 is 17.6 Å². The van der Waals surface area contributed by atoms with Crippen LogP contribution in [0.25, 0.3) is 0 Å². The number of nitrogens with two attached hydrogens (primary N) is 1. The maximum absolute atomic E-state index is 13.2. The Morgan fingerprint density at radius 3 is 2.78 bits per heavy atom. The van der Waals surface area contributed by atoms with E-state index in [1.807, 2.05) is 24.7 Å². The Kier molecular flexibility index (Phi) is 4.40. The van der Waals surface area contributed by atoms with Crippen molar-refractivity contribution in [1.29, 1.82) is 0 Å². The average Bonchev–Trinajstić information content (AvgIpc) is 3.05. The topological polar surface area (TPSA) is 119 Å². The minimum atomic E-state index is -0.462. The Balaban J connectivity index is 1.74. The molecule has 140 valence electrons. The summed E-state index contributed by atoms with van der Waals surface area (Å²) < 4.78 is 15.0. The smallest absolute Gasteiger partial charge is 0.222 e. The molecule has 0 fully saturated rings. The van der Waals surface area contributed by atoms with Gasteiger partial charge in [-0.3, -0.25) is 0 Å². The van der Waals surface area contributed by atoms with Crippen LogP contribution in [-0.4, -0.2) is 36.0 Å². The van der Waals surface area contributed by atoms with Crippen LogP contribution in [0.3, 0.4) is 0 Å². The maximum Gasteiger partial charge on any atom is 0.222 e. The molecule has 4 heterocycles. The van der Waals surface area contributed by atoms with Gasteiger partial charge in [0.05, 0.1) is 24.4 Å². The minimum absolute atomic E-state index is 0.124. The molecule has 9 nitrogen and oxygen atoms in total. The first-order valence-electron chi connectivity index (χ1n) is 8.63. The molecule has 0 spiro atoms. The van der Waals surface area contributed by atoms with E-state index in [1.54, 1.807) is 6.33 Å². The van der Waals surface area contributed by atoms with Crippen LogP contribution in [0.15, 0.2) is 24.9 Å². The van der Waals surface area contributed by atoms with E-state index in [1.165, 1.54) is 12.4 Å². The Labute approximate surface area is 155 Å². The van der Waals surface area contributed by atoms with Crippen LogP contribution in [0.2, 0.25) is 0 Å². The molecule has 2 atom stereocenters. The summed E-state index contributed by atoms with van der Waals surface area (Å²) in [6, 6.07) is -0.147. The van der Waals surface area contributed by atoms with E-state index >= 15 is 0 Å². The number of nitrogens with one attached hydrogen (secondary N) is 2. The Hall–Kier alpha value is -3.14. The van der Waals surface area contributed by atoms with Crippen molar-refractivity contribution in [3.63, 3.8) is 0 Å². The Morgan fingerprint density at radius 2 is 2.07 bits per heavy atom. The summed E-state index contributed by atoms with van der Waals surface area (Å²) in [5.41, 5.74) is 7.69.